The third kappa shape index (κ3) is 1.33. The first-order valence-corrected chi connectivity index (χ1v) is 4.81. The highest BCUT2D eigenvalue weighted by atomic mass is 15.1. The van der Waals surface area contributed by atoms with Gasteiger partial charge in [-0.15, -0.1) is 0 Å². The second kappa shape index (κ2) is 3.05. The Hall–Kier alpha value is -0.570. The van der Waals surface area contributed by atoms with E-state index in [1.807, 2.05) is 0 Å². The summed E-state index contributed by atoms with van der Waals surface area (Å²) in [5, 5.41) is 6.77. The van der Waals surface area contributed by atoms with Crippen LogP contribution in [0.3, 0.4) is 0 Å². The van der Waals surface area contributed by atoms with Gasteiger partial charge in [-0.2, -0.15) is 0 Å². The molecule has 1 fully saturated rings. The maximum atomic E-state index is 4.51. The molecule has 3 nitrogen and oxygen atoms in total. The molecule has 0 atom stereocenters. The minimum Gasteiger partial charge on any atom is -0.372 e. The number of amidine groups is 1. The van der Waals surface area contributed by atoms with Crippen molar-refractivity contribution in [2.45, 2.75) is 19.8 Å². The molecule has 2 rings (SSSR count). The fourth-order valence-corrected chi connectivity index (χ4v) is 2.02. The summed E-state index contributed by atoms with van der Waals surface area (Å²) in [7, 11) is 0. The Balaban J connectivity index is 2.07. The van der Waals surface area contributed by atoms with E-state index in [9.17, 15) is 0 Å². The molecule has 0 saturated carbocycles. The van der Waals surface area contributed by atoms with Gasteiger partial charge >= 0.3 is 0 Å². The average Bonchev–Trinajstić information content (AvgIpc) is 2.58. The lowest BCUT2D eigenvalue weighted by molar-refractivity contribution is 0.323. The molecule has 0 bridgehead atoms. The van der Waals surface area contributed by atoms with E-state index in [0.717, 1.165) is 26.2 Å². The van der Waals surface area contributed by atoms with E-state index < -0.39 is 0 Å². The highest BCUT2D eigenvalue weighted by Crippen LogP contribution is 2.29. The SMILES string of the molecule is CC1(C2=NCCN2)CCNCC1. The maximum Gasteiger partial charge on any atom is 0.102 e. The molecule has 2 N–H and O–H groups in total. The van der Waals surface area contributed by atoms with Crippen LogP contribution >= 0.6 is 0 Å². The van der Waals surface area contributed by atoms with E-state index in [2.05, 4.69) is 22.5 Å². The molecule has 1 saturated heterocycles. The van der Waals surface area contributed by atoms with Crippen molar-refractivity contribution in [1.29, 1.82) is 0 Å². The van der Waals surface area contributed by atoms with Crippen molar-refractivity contribution >= 4 is 5.84 Å². The molecule has 0 aromatic carbocycles. The molecule has 2 heterocycles. The van der Waals surface area contributed by atoms with Crippen LogP contribution in [0.2, 0.25) is 0 Å². The Morgan fingerprint density at radius 2 is 2.00 bits per heavy atom. The molecule has 0 unspecified atom stereocenters. The first kappa shape index (κ1) is 8.05. The molecule has 0 amide bonds. The van der Waals surface area contributed by atoms with Gasteiger partial charge < -0.3 is 10.6 Å². The minimum atomic E-state index is 0.335. The van der Waals surface area contributed by atoms with E-state index >= 15 is 0 Å². The van der Waals surface area contributed by atoms with Crippen molar-refractivity contribution in [2.75, 3.05) is 26.2 Å². The summed E-state index contributed by atoms with van der Waals surface area (Å²) in [4.78, 5) is 4.51. The van der Waals surface area contributed by atoms with Gasteiger partial charge in [0.1, 0.15) is 5.84 Å². The largest absolute Gasteiger partial charge is 0.372 e. The molecule has 0 spiro atoms. The summed E-state index contributed by atoms with van der Waals surface area (Å²) in [6.07, 6.45) is 2.44. The lowest BCUT2D eigenvalue weighted by atomic mass is 9.80. The number of nitrogens with one attached hydrogen (secondary N) is 2. The smallest absolute Gasteiger partial charge is 0.102 e. The summed E-state index contributed by atoms with van der Waals surface area (Å²) in [5.74, 6) is 1.25. The monoisotopic (exact) mass is 167 g/mol. The highest BCUT2D eigenvalue weighted by molar-refractivity contribution is 5.89. The zero-order valence-corrected chi connectivity index (χ0v) is 7.69. The topological polar surface area (TPSA) is 36.4 Å². The van der Waals surface area contributed by atoms with Crippen molar-refractivity contribution in [1.82, 2.24) is 10.6 Å². The van der Waals surface area contributed by atoms with Crippen LogP contribution in [0.5, 0.6) is 0 Å². The van der Waals surface area contributed by atoms with Gasteiger partial charge in [-0.05, 0) is 25.9 Å². The molecular formula is C9H17N3. The van der Waals surface area contributed by atoms with Crippen molar-refractivity contribution in [2.24, 2.45) is 10.4 Å². The summed E-state index contributed by atoms with van der Waals surface area (Å²) >= 11 is 0. The summed E-state index contributed by atoms with van der Waals surface area (Å²) in [5.41, 5.74) is 0.335. The van der Waals surface area contributed by atoms with Crippen molar-refractivity contribution in [3.8, 4) is 0 Å². The second-order valence-corrected chi connectivity index (χ2v) is 3.97. The molecular weight excluding hydrogens is 150 g/mol. The molecule has 2 aliphatic heterocycles. The van der Waals surface area contributed by atoms with Gasteiger partial charge in [0.15, 0.2) is 0 Å². The van der Waals surface area contributed by atoms with Crippen LogP contribution in [0.15, 0.2) is 4.99 Å². The van der Waals surface area contributed by atoms with Crippen molar-refractivity contribution in [3.05, 3.63) is 0 Å². The quantitative estimate of drug-likeness (QED) is 0.592. The van der Waals surface area contributed by atoms with Gasteiger partial charge in [0.05, 0.1) is 6.54 Å². The molecule has 0 aliphatic carbocycles. The Labute approximate surface area is 73.6 Å². The fraction of sp³-hybridized carbons (Fsp3) is 0.889. The standard InChI is InChI=1S/C9H17N3/c1-9(2-4-10-5-3-9)8-11-6-7-12-8/h10H,2-7H2,1H3,(H,11,12). The van der Waals surface area contributed by atoms with Crippen LogP contribution in [-0.2, 0) is 0 Å². The van der Waals surface area contributed by atoms with Crippen LogP contribution in [-0.4, -0.2) is 32.0 Å². The van der Waals surface area contributed by atoms with Crippen LogP contribution in [0.25, 0.3) is 0 Å². The molecule has 2 aliphatic rings. The number of hydrogen-bond donors (Lipinski definition) is 2. The third-order valence-electron chi connectivity index (χ3n) is 2.95. The molecule has 0 radical (unpaired) electrons. The highest BCUT2D eigenvalue weighted by Gasteiger charge is 2.33. The molecule has 3 heteroatoms. The van der Waals surface area contributed by atoms with Gasteiger partial charge in [0.25, 0.3) is 0 Å². The van der Waals surface area contributed by atoms with Crippen LogP contribution in [0, 0.1) is 5.41 Å². The predicted octanol–water partition coefficient (Wildman–Crippen LogP) is 0.378. The van der Waals surface area contributed by atoms with Gasteiger partial charge in [-0.25, -0.2) is 0 Å². The van der Waals surface area contributed by atoms with Gasteiger partial charge in [-0.3, -0.25) is 4.99 Å². The van der Waals surface area contributed by atoms with Crippen molar-refractivity contribution < 1.29 is 0 Å². The first-order chi connectivity index (χ1) is 5.81. The lowest BCUT2D eigenvalue weighted by Crippen LogP contribution is -2.44. The summed E-state index contributed by atoms with van der Waals surface area (Å²) < 4.78 is 0. The number of rotatable bonds is 1. The zero-order valence-electron chi connectivity index (χ0n) is 7.69. The number of aliphatic imine (C=N–C) groups is 1. The third-order valence-corrected chi connectivity index (χ3v) is 2.95. The predicted molar refractivity (Wildman–Crippen MR) is 50.5 cm³/mol. The number of piperidine rings is 1. The summed E-state index contributed by atoms with van der Waals surface area (Å²) in [6, 6.07) is 0. The lowest BCUT2D eigenvalue weighted by Gasteiger charge is -2.34. The second-order valence-electron chi connectivity index (χ2n) is 3.97. The van der Waals surface area contributed by atoms with Crippen molar-refractivity contribution in [3.63, 3.8) is 0 Å². The van der Waals surface area contributed by atoms with Crippen LogP contribution in [0.1, 0.15) is 19.8 Å². The van der Waals surface area contributed by atoms with Gasteiger partial charge in [0.2, 0.25) is 0 Å². The maximum absolute atomic E-state index is 4.51. The first-order valence-electron chi connectivity index (χ1n) is 4.81. The van der Waals surface area contributed by atoms with Gasteiger partial charge in [0, 0.05) is 12.0 Å². The Bertz CT molecular complexity index is 192. The molecule has 68 valence electrons. The normalized spacial score (nSPS) is 27.9. The van der Waals surface area contributed by atoms with Gasteiger partial charge in [-0.1, -0.05) is 6.92 Å². The van der Waals surface area contributed by atoms with E-state index in [1.54, 1.807) is 0 Å². The van der Waals surface area contributed by atoms with E-state index in [-0.39, 0.29) is 0 Å². The Morgan fingerprint density at radius 1 is 1.25 bits per heavy atom. The zero-order chi connectivity index (χ0) is 8.44. The Kier molecular flexibility index (Phi) is 2.05. The van der Waals surface area contributed by atoms with Crippen LogP contribution in [0.4, 0.5) is 0 Å². The minimum absolute atomic E-state index is 0.335. The molecule has 0 aromatic rings. The van der Waals surface area contributed by atoms with E-state index in [4.69, 9.17) is 0 Å². The molecule has 12 heavy (non-hydrogen) atoms. The number of nitrogens with zero attached hydrogens (tertiary/aromatic N) is 1. The average molecular weight is 167 g/mol. The molecule has 0 aromatic heterocycles. The summed E-state index contributed by atoms with van der Waals surface area (Å²) in [6.45, 7) is 6.61. The van der Waals surface area contributed by atoms with E-state index in [1.165, 1.54) is 18.7 Å². The number of hydrogen-bond acceptors (Lipinski definition) is 3. The van der Waals surface area contributed by atoms with Crippen LogP contribution < -0.4 is 10.6 Å². The fourth-order valence-electron chi connectivity index (χ4n) is 2.02. The van der Waals surface area contributed by atoms with E-state index in [0.29, 0.717) is 5.41 Å². The Morgan fingerprint density at radius 3 is 2.58 bits per heavy atom.